The number of nitrogens with zero attached hydrogens (tertiary/aromatic N) is 4. The van der Waals surface area contributed by atoms with E-state index in [9.17, 15) is 21.6 Å². The van der Waals surface area contributed by atoms with E-state index >= 15 is 4.39 Å². The highest BCUT2D eigenvalue weighted by molar-refractivity contribution is 7.91. The molecule has 4 heterocycles. The summed E-state index contributed by atoms with van der Waals surface area (Å²) in [5.41, 5.74) is -0.357. The number of hydrogen-bond acceptors (Lipinski definition) is 9. The van der Waals surface area contributed by atoms with Gasteiger partial charge in [0.25, 0.3) is 0 Å². The molecular weight excluding hydrogens is 566 g/mol. The van der Waals surface area contributed by atoms with Gasteiger partial charge in [0.15, 0.2) is 17.4 Å². The van der Waals surface area contributed by atoms with E-state index in [1.807, 2.05) is 0 Å². The molecule has 3 N–H and O–H groups in total. The fraction of sp³-hybridized carbons (Fsp3) is 0.231. The Morgan fingerprint density at radius 1 is 1.00 bits per heavy atom. The molecule has 10 nitrogen and oxygen atoms in total. The second kappa shape index (κ2) is 12.0. The van der Waals surface area contributed by atoms with Crippen LogP contribution in [0, 0.1) is 17.5 Å². The maximum absolute atomic E-state index is 15.0. The highest BCUT2D eigenvalue weighted by Crippen LogP contribution is 2.36. The molecule has 0 aliphatic carbocycles. The van der Waals surface area contributed by atoms with Crippen LogP contribution >= 0.6 is 0 Å². The molecule has 0 saturated carbocycles. The van der Waals surface area contributed by atoms with Crippen molar-refractivity contribution in [1.82, 2.24) is 25.3 Å². The third-order valence-corrected chi connectivity index (χ3v) is 7.26. The zero-order valence-corrected chi connectivity index (χ0v) is 22.0. The highest BCUT2D eigenvalue weighted by atomic mass is 32.2. The van der Waals surface area contributed by atoms with E-state index < -0.39 is 50.8 Å². The smallest absolute Gasteiger partial charge is 0.237 e. The number of halogens is 4. The Hall–Kier alpha value is -4.37. The lowest BCUT2D eigenvalue weighted by Crippen LogP contribution is -2.44. The van der Waals surface area contributed by atoms with Gasteiger partial charge in [-0.05, 0) is 35.9 Å². The monoisotopic (exact) mass is 589 g/mol. The van der Waals surface area contributed by atoms with Gasteiger partial charge in [0.05, 0.1) is 17.0 Å². The molecule has 2 atom stereocenters. The second-order valence-corrected chi connectivity index (χ2v) is 10.9. The zero-order valence-electron chi connectivity index (χ0n) is 21.2. The van der Waals surface area contributed by atoms with Gasteiger partial charge in [0.1, 0.15) is 11.9 Å². The Kier molecular flexibility index (Phi) is 8.26. The van der Waals surface area contributed by atoms with Crippen LogP contribution in [0.15, 0.2) is 61.2 Å². The van der Waals surface area contributed by atoms with Gasteiger partial charge in [-0.25, -0.2) is 36.5 Å². The lowest BCUT2D eigenvalue weighted by molar-refractivity contribution is 0.254. The van der Waals surface area contributed by atoms with Crippen molar-refractivity contribution in [3.8, 4) is 22.9 Å². The SMILES string of the molecule is O=S(=O)(Cc1ccncc1)Nc1c(F)cc(Oc2ncccc2-c2ccnc(N[C@@H]3CNC[C@@H](F)C3)n2)c(F)c1F. The third-order valence-electron chi connectivity index (χ3n) is 6.03. The van der Waals surface area contributed by atoms with Crippen molar-refractivity contribution in [2.75, 3.05) is 23.1 Å². The molecule has 1 aliphatic heterocycles. The fourth-order valence-corrected chi connectivity index (χ4v) is 5.36. The molecular formula is C26H23F4N7O3S. The first kappa shape index (κ1) is 28.2. The van der Waals surface area contributed by atoms with Crippen molar-refractivity contribution in [2.45, 2.75) is 24.4 Å². The minimum Gasteiger partial charge on any atom is -0.435 e. The Bertz CT molecular complexity index is 1650. The summed E-state index contributed by atoms with van der Waals surface area (Å²) in [4.78, 5) is 16.4. The van der Waals surface area contributed by atoms with E-state index in [2.05, 4.69) is 30.6 Å². The lowest BCUT2D eigenvalue weighted by atomic mass is 10.1. The second-order valence-electron chi connectivity index (χ2n) is 9.13. The average Bonchev–Trinajstić information content (AvgIpc) is 2.95. The first-order valence-corrected chi connectivity index (χ1v) is 14.0. The van der Waals surface area contributed by atoms with Crippen LogP contribution in [0.5, 0.6) is 11.6 Å². The molecule has 0 bridgehead atoms. The molecule has 0 spiro atoms. The number of anilines is 2. The molecule has 1 fully saturated rings. The van der Waals surface area contributed by atoms with Gasteiger partial charge >= 0.3 is 0 Å². The van der Waals surface area contributed by atoms with Crippen molar-refractivity contribution < 1.29 is 30.7 Å². The van der Waals surface area contributed by atoms with Crippen LogP contribution in [0.25, 0.3) is 11.3 Å². The standard InChI is InChI=1S/C26H23F4N7O3S/c27-16-10-17(13-32-12-16)35-26-34-9-5-20(36-26)18-2-1-6-33-25(18)40-21-11-19(28)24(23(30)22(21)29)37-41(38,39)14-15-3-7-31-8-4-15/h1-9,11,16-17,32,37H,10,12-14H2,(H,34,35,36)/t16-,17-/m0/s1. The summed E-state index contributed by atoms with van der Waals surface area (Å²) in [6.07, 6.45) is 4.74. The average molecular weight is 590 g/mol. The largest absolute Gasteiger partial charge is 0.435 e. The number of piperidine rings is 1. The van der Waals surface area contributed by atoms with Gasteiger partial charge in [-0.15, -0.1) is 0 Å². The summed E-state index contributed by atoms with van der Waals surface area (Å²) in [5, 5.41) is 6.02. The molecule has 0 amide bonds. The number of alkyl halides is 1. The molecule has 1 saturated heterocycles. The topological polar surface area (TPSA) is 131 Å². The van der Waals surface area contributed by atoms with E-state index in [0.717, 1.165) is 0 Å². The molecule has 4 aromatic rings. The Labute approximate surface area is 232 Å². The van der Waals surface area contributed by atoms with Crippen LogP contribution < -0.4 is 20.1 Å². The molecule has 1 aliphatic rings. The van der Waals surface area contributed by atoms with Crippen LogP contribution in [0.2, 0.25) is 0 Å². The number of aromatic nitrogens is 4. The Balaban J connectivity index is 1.38. The van der Waals surface area contributed by atoms with Crippen LogP contribution in [-0.2, 0) is 15.8 Å². The number of benzene rings is 1. The minimum atomic E-state index is -4.30. The van der Waals surface area contributed by atoms with Crippen molar-refractivity contribution in [1.29, 1.82) is 0 Å². The van der Waals surface area contributed by atoms with Gasteiger partial charge in [-0.1, -0.05) is 0 Å². The highest BCUT2D eigenvalue weighted by Gasteiger charge is 2.26. The molecule has 15 heteroatoms. The quantitative estimate of drug-likeness (QED) is 0.194. The first-order chi connectivity index (χ1) is 19.7. The molecule has 0 radical (unpaired) electrons. The molecule has 3 aromatic heterocycles. The van der Waals surface area contributed by atoms with Crippen LogP contribution in [0.4, 0.5) is 29.2 Å². The predicted molar refractivity (Wildman–Crippen MR) is 142 cm³/mol. The maximum atomic E-state index is 15.0. The van der Waals surface area contributed by atoms with Gasteiger partial charge in [0.2, 0.25) is 27.7 Å². The molecule has 41 heavy (non-hydrogen) atoms. The molecule has 214 valence electrons. The number of ether oxygens (including phenoxy) is 1. The number of hydrogen-bond donors (Lipinski definition) is 3. The molecule has 1 aromatic carbocycles. The van der Waals surface area contributed by atoms with Crippen molar-refractivity contribution >= 4 is 21.7 Å². The van der Waals surface area contributed by atoms with E-state index in [1.165, 1.54) is 43.0 Å². The number of pyridine rings is 2. The number of sulfonamides is 1. The van der Waals surface area contributed by atoms with Crippen molar-refractivity contribution in [3.63, 3.8) is 0 Å². The van der Waals surface area contributed by atoms with Crippen LogP contribution in [0.3, 0.4) is 0 Å². The summed E-state index contributed by atoms with van der Waals surface area (Å²) in [7, 11) is -4.30. The van der Waals surface area contributed by atoms with Crippen LogP contribution in [-0.4, -0.2) is 53.7 Å². The maximum Gasteiger partial charge on any atom is 0.237 e. The lowest BCUT2D eigenvalue weighted by Gasteiger charge is -2.26. The van der Waals surface area contributed by atoms with Crippen molar-refractivity contribution in [3.05, 3.63) is 84.2 Å². The predicted octanol–water partition coefficient (Wildman–Crippen LogP) is 4.20. The summed E-state index contributed by atoms with van der Waals surface area (Å²) in [6, 6.07) is 7.70. The summed E-state index contributed by atoms with van der Waals surface area (Å²) in [5.74, 6) is -6.36. The number of nitrogens with one attached hydrogen (secondary N) is 3. The molecule has 5 rings (SSSR count). The van der Waals surface area contributed by atoms with Crippen molar-refractivity contribution in [2.24, 2.45) is 0 Å². The normalized spacial score (nSPS) is 17.2. The van der Waals surface area contributed by atoms with E-state index in [0.29, 0.717) is 18.2 Å². The fourth-order valence-electron chi connectivity index (χ4n) is 4.16. The van der Waals surface area contributed by atoms with E-state index in [4.69, 9.17) is 4.74 Å². The van der Waals surface area contributed by atoms with E-state index in [-0.39, 0.29) is 42.1 Å². The summed E-state index contributed by atoms with van der Waals surface area (Å²) >= 11 is 0. The Morgan fingerprint density at radius 3 is 2.59 bits per heavy atom. The van der Waals surface area contributed by atoms with Gasteiger partial charge < -0.3 is 15.4 Å². The zero-order chi connectivity index (χ0) is 29.0. The van der Waals surface area contributed by atoms with E-state index in [1.54, 1.807) is 16.9 Å². The summed E-state index contributed by atoms with van der Waals surface area (Å²) in [6.45, 7) is 0.785. The third kappa shape index (κ3) is 6.86. The number of rotatable bonds is 9. The minimum absolute atomic E-state index is 0.199. The Morgan fingerprint density at radius 2 is 1.80 bits per heavy atom. The molecule has 0 unspecified atom stereocenters. The van der Waals surface area contributed by atoms with Gasteiger partial charge in [-0.2, -0.15) is 4.39 Å². The van der Waals surface area contributed by atoms with Crippen LogP contribution in [0.1, 0.15) is 12.0 Å². The first-order valence-electron chi connectivity index (χ1n) is 12.3. The van der Waals surface area contributed by atoms with Gasteiger partial charge in [0, 0.05) is 56.4 Å². The summed E-state index contributed by atoms with van der Waals surface area (Å²) < 4.78 is 90.7. The van der Waals surface area contributed by atoms with Gasteiger partial charge in [-0.3, -0.25) is 9.71 Å².